The van der Waals surface area contributed by atoms with E-state index in [1.165, 1.54) is 0 Å². The van der Waals surface area contributed by atoms with Crippen LogP contribution in [0.15, 0.2) is 12.3 Å². The molecule has 1 heterocycles. The molecule has 0 atom stereocenters. The average molecular weight is 194 g/mol. The van der Waals surface area contributed by atoms with Crippen molar-refractivity contribution in [3.8, 4) is 0 Å². The summed E-state index contributed by atoms with van der Waals surface area (Å²) in [6.07, 6.45) is 1.65. The summed E-state index contributed by atoms with van der Waals surface area (Å²) in [7, 11) is 0. The van der Waals surface area contributed by atoms with Crippen molar-refractivity contribution in [3.63, 3.8) is 0 Å². The number of pyridine rings is 1. The summed E-state index contributed by atoms with van der Waals surface area (Å²) in [5, 5.41) is 0.820. The molecule has 0 aliphatic heterocycles. The summed E-state index contributed by atoms with van der Waals surface area (Å²) in [5.41, 5.74) is 0.970. The highest BCUT2D eigenvalue weighted by atomic mass is 35.5. The Morgan fingerprint density at radius 1 is 1.50 bits per heavy atom. The third-order valence-electron chi connectivity index (χ3n) is 1.04. The summed E-state index contributed by atoms with van der Waals surface area (Å²) < 4.78 is 0. The van der Waals surface area contributed by atoms with Gasteiger partial charge in [0.1, 0.15) is 5.15 Å². The van der Waals surface area contributed by atoms with Crippen LogP contribution < -0.4 is 0 Å². The van der Waals surface area contributed by atoms with E-state index in [1.54, 1.807) is 12.3 Å². The zero-order valence-electron chi connectivity index (χ0n) is 5.01. The Kier molecular flexibility index (Phi) is 2.83. The maximum Gasteiger partial charge on any atom is 0.147 e. The smallest absolute Gasteiger partial charge is 0.147 e. The Morgan fingerprint density at radius 3 is 2.70 bits per heavy atom. The van der Waals surface area contributed by atoms with E-state index in [-0.39, 0.29) is 0 Å². The standard InChI is InChI=1S/C6H5Cl2NS/c7-5-1-4(3-10)2-9-6(5)8/h1-2,10H,3H2. The number of nitrogens with zero attached hydrogens (tertiary/aromatic N) is 1. The normalized spacial score (nSPS) is 9.90. The van der Waals surface area contributed by atoms with Crippen LogP contribution >= 0.6 is 35.8 Å². The van der Waals surface area contributed by atoms with Crippen LogP contribution in [0.3, 0.4) is 0 Å². The van der Waals surface area contributed by atoms with Gasteiger partial charge in [0.05, 0.1) is 5.02 Å². The Labute approximate surface area is 74.8 Å². The van der Waals surface area contributed by atoms with Crippen LogP contribution in [-0.2, 0) is 5.75 Å². The van der Waals surface area contributed by atoms with Crippen LogP contribution in [0, 0.1) is 0 Å². The Balaban J connectivity index is 3.04. The summed E-state index contributed by atoms with van der Waals surface area (Å²) in [6, 6.07) is 1.75. The van der Waals surface area contributed by atoms with Crippen molar-refractivity contribution in [2.24, 2.45) is 0 Å². The molecule has 0 N–H and O–H groups in total. The van der Waals surface area contributed by atoms with Crippen LogP contribution in [0.1, 0.15) is 5.56 Å². The van der Waals surface area contributed by atoms with E-state index in [4.69, 9.17) is 23.2 Å². The Hall–Kier alpha value is 0.0800. The van der Waals surface area contributed by atoms with Gasteiger partial charge < -0.3 is 0 Å². The molecule has 0 fully saturated rings. The van der Waals surface area contributed by atoms with Crippen LogP contribution in [0.4, 0.5) is 0 Å². The van der Waals surface area contributed by atoms with Gasteiger partial charge in [0.25, 0.3) is 0 Å². The second-order valence-corrected chi connectivity index (χ2v) is 2.86. The fourth-order valence-corrected chi connectivity index (χ4v) is 1.01. The maximum absolute atomic E-state index is 5.66. The largest absolute Gasteiger partial charge is 0.243 e. The van der Waals surface area contributed by atoms with Crippen LogP contribution in [0.2, 0.25) is 10.2 Å². The number of thiol groups is 1. The molecule has 0 spiro atoms. The Morgan fingerprint density at radius 2 is 2.20 bits per heavy atom. The molecular formula is C6H5Cl2NS. The van der Waals surface area contributed by atoms with Crippen LogP contribution in [0.25, 0.3) is 0 Å². The summed E-state index contributed by atoms with van der Waals surface area (Å²) in [6.45, 7) is 0. The van der Waals surface area contributed by atoms with E-state index in [0.717, 1.165) is 5.56 Å². The molecule has 0 aliphatic rings. The first kappa shape index (κ1) is 8.18. The fraction of sp³-hybridized carbons (Fsp3) is 0.167. The number of hydrogen-bond acceptors (Lipinski definition) is 2. The van der Waals surface area contributed by atoms with Crippen molar-refractivity contribution in [1.82, 2.24) is 4.98 Å². The van der Waals surface area contributed by atoms with Gasteiger partial charge in [-0.3, -0.25) is 0 Å². The van der Waals surface area contributed by atoms with E-state index in [9.17, 15) is 0 Å². The van der Waals surface area contributed by atoms with E-state index < -0.39 is 0 Å². The molecule has 0 unspecified atom stereocenters. The van der Waals surface area contributed by atoms with E-state index in [0.29, 0.717) is 15.9 Å². The molecule has 0 radical (unpaired) electrons. The zero-order valence-corrected chi connectivity index (χ0v) is 7.42. The molecule has 10 heavy (non-hydrogen) atoms. The predicted octanol–water partition coefficient (Wildman–Crippen LogP) is 2.82. The highest BCUT2D eigenvalue weighted by molar-refractivity contribution is 7.79. The molecule has 54 valence electrons. The minimum Gasteiger partial charge on any atom is -0.243 e. The SMILES string of the molecule is SCc1cnc(Cl)c(Cl)c1. The first-order chi connectivity index (χ1) is 4.74. The molecular weight excluding hydrogens is 189 g/mol. The number of hydrogen-bond donors (Lipinski definition) is 1. The lowest BCUT2D eigenvalue weighted by Gasteiger charge is -1.96. The lowest BCUT2D eigenvalue weighted by atomic mass is 10.3. The van der Waals surface area contributed by atoms with Gasteiger partial charge in [-0.1, -0.05) is 23.2 Å². The van der Waals surface area contributed by atoms with Crippen molar-refractivity contribution in [1.29, 1.82) is 0 Å². The predicted molar refractivity (Wildman–Crippen MR) is 46.9 cm³/mol. The van der Waals surface area contributed by atoms with Crippen LogP contribution in [0.5, 0.6) is 0 Å². The molecule has 1 nitrogen and oxygen atoms in total. The molecule has 0 aliphatic carbocycles. The summed E-state index contributed by atoms with van der Waals surface area (Å²) >= 11 is 15.3. The van der Waals surface area contributed by atoms with Gasteiger partial charge in [-0.15, -0.1) is 0 Å². The van der Waals surface area contributed by atoms with Crippen molar-refractivity contribution >= 4 is 35.8 Å². The van der Waals surface area contributed by atoms with Crippen molar-refractivity contribution in [2.75, 3.05) is 0 Å². The minimum atomic E-state index is 0.340. The van der Waals surface area contributed by atoms with E-state index >= 15 is 0 Å². The van der Waals surface area contributed by atoms with Crippen LogP contribution in [-0.4, -0.2) is 4.98 Å². The van der Waals surface area contributed by atoms with Crippen molar-refractivity contribution < 1.29 is 0 Å². The van der Waals surface area contributed by atoms with Crippen molar-refractivity contribution in [3.05, 3.63) is 28.0 Å². The van der Waals surface area contributed by atoms with Gasteiger partial charge in [-0.2, -0.15) is 12.6 Å². The topological polar surface area (TPSA) is 12.9 Å². The summed E-state index contributed by atoms with van der Waals surface area (Å²) in [4.78, 5) is 3.83. The van der Waals surface area contributed by atoms with Gasteiger partial charge in [-0.25, -0.2) is 4.98 Å². The van der Waals surface area contributed by atoms with Gasteiger partial charge in [0, 0.05) is 11.9 Å². The average Bonchev–Trinajstić information content (AvgIpc) is 1.95. The number of halogens is 2. The van der Waals surface area contributed by atoms with Gasteiger partial charge in [0.2, 0.25) is 0 Å². The quantitative estimate of drug-likeness (QED) is 0.535. The number of aromatic nitrogens is 1. The lowest BCUT2D eigenvalue weighted by Crippen LogP contribution is -1.81. The number of rotatable bonds is 1. The van der Waals surface area contributed by atoms with Gasteiger partial charge in [0.15, 0.2) is 0 Å². The molecule has 0 aromatic carbocycles. The summed E-state index contributed by atoms with van der Waals surface area (Å²) in [5.74, 6) is 0.629. The molecule has 1 aromatic heterocycles. The molecule has 0 bridgehead atoms. The second kappa shape index (κ2) is 3.46. The first-order valence-electron chi connectivity index (χ1n) is 2.65. The lowest BCUT2D eigenvalue weighted by molar-refractivity contribution is 1.25. The molecule has 1 aromatic rings. The van der Waals surface area contributed by atoms with Gasteiger partial charge >= 0.3 is 0 Å². The molecule has 0 amide bonds. The molecule has 0 saturated carbocycles. The third-order valence-corrected chi connectivity index (χ3v) is 2.09. The van der Waals surface area contributed by atoms with E-state index in [1.807, 2.05) is 0 Å². The first-order valence-corrected chi connectivity index (χ1v) is 4.03. The second-order valence-electron chi connectivity index (χ2n) is 1.77. The highest BCUT2D eigenvalue weighted by Gasteiger charge is 1.97. The van der Waals surface area contributed by atoms with E-state index in [2.05, 4.69) is 17.6 Å². The highest BCUT2D eigenvalue weighted by Crippen LogP contribution is 2.20. The monoisotopic (exact) mass is 193 g/mol. The maximum atomic E-state index is 5.66. The fourth-order valence-electron chi connectivity index (χ4n) is 0.547. The molecule has 0 saturated heterocycles. The zero-order chi connectivity index (χ0) is 7.56. The Bertz CT molecular complexity index is 239. The van der Waals surface area contributed by atoms with Gasteiger partial charge in [-0.05, 0) is 11.6 Å². The van der Waals surface area contributed by atoms with Crippen molar-refractivity contribution in [2.45, 2.75) is 5.75 Å². The molecule has 1 rings (SSSR count). The minimum absolute atomic E-state index is 0.340. The third kappa shape index (κ3) is 1.78. The molecule has 4 heteroatoms.